The fraction of sp³-hybridized carbons (Fsp3) is 0. The van der Waals surface area contributed by atoms with E-state index in [1.54, 1.807) is 24.3 Å². The Morgan fingerprint density at radius 3 is 1.70 bits per heavy atom. The van der Waals surface area contributed by atoms with Crippen molar-refractivity contribution in [1.29, 1.82) is 0 Å². The van der Waals surface area contributed by atoms with Crippen molar-refractivity contribution in [2.75, 3.05) is 0 Å². The number of phenols is 1. The van der Waals surface area contributed by atoms with Crippen molar-refractivity contribution in [3.05, 3.63) is 30.3 Å². The molecule has 1 rings (SSSR count). The Morgan fingerprint density at radius 1 is 1.10 bits per heavy atom. The molecule has 0 bridgehead atoms. The Labute approximate surface area is 89.9 Å². The van der Waals surface area contributed by atoms with Gasteiger partial charge in [-0.1, -0.05) is 18.2 Å². The Bertz CT molecular complexity index is 153. The molecular formula is C7H8CaO2. The van der Waals surface area contributed by atoms with Gasteiger partial charge in [0.1, 0.15) is 12.5 Å². The van der Waals surface area contributed by atoms with Gasteiger partial charge < -0.3 is 9.90 Å². The van der Waals surface area contributed by atoms with Gasteiger partial charge in [0.2, 0.25) is 0 Å². The van der Waals surface area contributed by atoms with Crippen LogP contribution in [0.25, 0.3) is 0 Å². The first-order chi connectivity index (χ1) is 4.39. The molecule has 2 radical (unpaired) electrons. The van der Waals surface area contributed by atoms with Gasteiger partial charge in [-0.3, -0.25) is 0 Å². The number of carbonyl (C=O) groups excluding carboxylic acids is 1. The summed E-state index contributed by atoms with van der Waals surface area (Å²) < 4.78 is 0. The molecule has 0 saturated heterocycles. The molecule has 0 fully saturated rings. The predicted octanol–water partition coefficient (Wildman–Crippen LogP) is 0.827. The molecule has 50 valence electrons. The van der Waals surface area contributed by atoms with Crippen LogP contribution in [0.4, 0.5) is 0 Å². The van der Waals surface area contributed by atoms with Crippen LogP contribution >= 0.6 is 0 Å². The van der Waals surface area contributed by atoms with Gasteiger partial charge in [-0.15, -0.1) is 0 Å². The van der Waals surface area contributed by atoms with E-state index in [1.165, 1.54) is 0 Å². The van der Waals surface area contributed by atoms with E-state index in [9.17, 15) is 0 Å². The van der Waals surface area contributed by atoms with Gasteiger partial charge in [0.05, 0.1) is 0 Å². The van der Waals surface area contributed by atoms with E-state index in [1.807, 2.05) is 12.9 Å². The van der Waals surface area contributed by atoms with E-state index in [-0.39, 0.29) is 37.7 Å². The third-order valence-electron chi connectivity index (χ3n) is 0.756. The number of aromatic hydroxyl groups is 1. The molecular weight excluding hydrogens is 156 g/mol. The summed E-state index contributed by atoms with van der Waals surface area (Å²) in [4.78, 5) is 8.00. The van der Waals surface area contributed by atoms with Crippen LogP contribution in [0.5, 0.6) is 5.75 Å². The normalized spacial score (nSPS) is 6.40. The minimum atomic E-state index is 0. The summed E-state index contributed by atoms with van der Waals surface area (Å²) in [5.41, 5.74) is 0. The first-order valence-electron chi connectivity index (χ1n) is 2.42. The Hall–Kier alpha value is -0.0503. The van der Waals surface area contributed by atoms with Gasteiger partial charge in [0, 0.05) is 37.7 Å². The fourth-order valence-electron chi connectivity index (χ4n) is 0.428. The minimum absolute atomic E-state index is 0. The van der Waals surface area contributed by atoms with Gasteiger partial charge in [-0.2, -0.15) is 0 Å². The van der Waals surface area contributed by atoms with Crippen molar-refractivity contribution >= 4 is 44.5 Å². The Morgan fingerprint density at radius 2 is 1.50 bits per heavy atom. The zero-order chi connectivity index (χ0) is 7.11. The first kappa shape index (κ1) is 12.6. The van der Waals surface area contributed by atoms with Crippen LogP contribution in [-0.2, 0) is 4.79 Å². The van der Waals surface area contributed by atoms with Crippen molar-refractivity contribution in [3.8, 4) is 5.75 Å². The molecule has 0 aliphatic carbocycles. The number of rotatable bonds is 0. The fourth-order valence-corrected chi connectivity index (χ4v) is 0.428. The van der Waals surface area contributed by atoms with Crippen LogP contribution < -0.4 is 0 Å². The van der Waals surface area contributed by atoms with E-state index < -0.39 is 0 Å². The molecule has 0 aromatic heterocycles. The van der Waals surface area contributed by atoms with Crippen LogP contribution in [0.1, 0.15) is 0 Å². The van der Waals surface area contributed by atoms with Gasteiger partial charge in [0.25, 0.3) is 0 Å². The second-order valence-corrected chi connectivity index (χ2v) is 1.34. The molecule has 0 saturated carbocycles. The molecule has 0 aliphatic rings. The molecule has 0 amide bonds. The van der Waals surface area contributed by atoms with Gasteiger partial charge in [-0.25, -0.2) is 0 Å². The molecule has 1 N–H and O–H groups in total. The number of hydrogen-bond acceptors (Lipinski definition) is 2. The minimum Gasteiger partial charge on any atom is -0.508 e. The summed E-state index contributed by atoms with van der Waals surface area (Å²) in [6.45, 7) is 2.00. The van der Waals surface area contributed by atoms with Crippen LogP contribution in [0.3, 0.4) is 0 Å². The number of benzene rings is 1. The molecule has 0 heterocycles. The summed E-state index contributed by atoms with van der Waals surface area (Å²) in [5, 5.41) is 8.63. The molecule has 2 nitrogen and oxygen atoms in total. The molecule has 0 aliphatic heterocycles. The monoisotopic (exact) mass is 164 g/mol. The maximum Gasteiger partial charge on any atom is 0.115 e. The summed E-state index contributed by atoms with van der Waals surface area (Å²) in [6, 6.07) is 8.71. The predicted molar refractivity (Wildman–Crippen MR) is 41.0 cm³/mol. The standard InChI is InChI=1S/C6H6O.CH2O.Ca/c7-6-4-2-1-3-5-6;1-2;/h1-5,7H;1H2;. The maximum atomic E-state index is 8.63. The maximum absolute atomic E-state index is 8.63. The Kier molecular flexibility index (Phi) is 11.3. The van der Waals surface area contributed by atoms with Crippen LogP contribution in [0.2, 0.25) is 0 Å². The molecule has 0 unspecified atom stereocenters. The van der Waals surface area contributed by atoms with Gasteiger partial charge >= 0.3 is 0 Å². The number of para-hydroxylation sites is 1. The molecule has 0 atom stereocenters. The Balaban J connectivity index is 0. The smallest absolute Gasteiger partial charge is 0.115 e. The van der Waals surface area contributed by atoms with Crippen molar-refractivity contribution < 1.29 is 9.90 Å². The average molecular weight is 164 g/mol. The van der Waals surface area contributed by atoms with E-state index >= 15 is 0 Å². The largest absolute Gasteiger partial charge is 0.508 e. The van der Waals surface area contributed by atoms with Crippen molar-refractivity contribution in [2.45, 2.75) is 0 Å². The first-order valence-corrected chi connectivity index (χ1v) is 2.42. The molecule has 0 spiro atoms. The SMILES string of the molecule is C=O.Oc1ccccc1.[Ca]. The van der Waals surface area contributed by atoms with Crippen molar-refractivity contribution in [1.82, 2.24) is 0 Å². The third kappa shape index (κ3) is 6.08. The average Bonchev–Trinajstić information content (AvgIpc) is 1.94. The number of phenolic OH excluding ortho intramolecular Hbond substituents is 1. The van der Waals surface area contributed by atoms with Gasteiger partial charge in [-0.05, 0) is 12.1 Å². The third-order valence-corrected chi connectivity index (χ3v) is 0.756. The van der Waals surface area contributed by atoms with Crippen molar-refractivity contribution in [2.24, 2.45) is 0 Å². The van der Waals surface area contributed by atoms with Crippen LogP contribution in [0.15, 0.2) is 30.3 Å². The summed E-state index contributed by atoms with van der Waals surface area (Å²) in [7, 11) is 0. The van der Waals surface area contributed by atoms with E-state index in [0.29, 0.717) is 5.75 Å². The second kappa shape index (κ2) is 8.95. The van der Waals surface area contributed by atoms with Crippen LogP contribution in [0, 0.1) is 0 Å². The zero-order valence-corrected chi connectivity index (χ0v) is 7.86. The zero-order valence-electron chi connectivity index (χ0n) is 5.66. The summed E-state index contributed by atoms with van der Waals surface area (Å²) >= 11 is 0. The van der Waals surface area contributed by atoms with E-state index in [4.69, 9.17) is 9.90 Å². The summed E-state index contributed by atoms with van der Waals surface area (Å²) in [6.07, 6.45) is 0. The van der Waals surface area contributed by atoms with E-state index in [0.717, 1.165) is 0 Å². The van der Waals surface area contributed by atoms with E-state index in [2.05, 4.69) is 0 Å². The molecule has 10 heavy (non-hydrogen) atoms. The molecule has 1 aromatic rings. The molecule has 1 aromatic carbocycles. The van der Waals surface area contributed by atoms with Gasteiger partial charge in [0.15, 0.2) is 0 Å². The number of hydrogen-bond donors (Lipinski definition) is 1. The number of carbonyl (C=O) groups is 1. The molecule has 3 heteroatoms. The topological polar surface area (TPSA) is 37.3 Å². The van der Waals surface area contributed by atoms with Crippen molar-refractivity contribution in [3.63, 3.8) is 0 Å². The summed E-state index contributed by atoms with van der Waals surface area (Å²) in [5.74, 6) is 0.322. The quantitative estimate of drug-likeness (QED) is 0.576. The second-order valence-electron chi connectivity index (χ2n) is 1.34. The van der Waals surface area contributed by atoms with Crippen LogP contribution in [-0.4, -0.2) is 49.6 Å².